The second-order valence-corrected chi connectivity index (χ2v) is 6.02. The van der Waals surface area contributed by atoms with Crippen LogP contribution in [0.4, 0.5) is 10.1 Å². The molecule has 3 nitrogen and oxygen atoms in total. The number of benzene rings is 1. The van der Waals surface area contributed by atoms with Crippen molar-refractivity contribution in [3.05, 3.63) is 28.5 Å². The van der Waals surface area contributed by atoms with Gasteiger partial charge < -0.3 is 10.2 Å². The number of rotatable bonds is 3. The molecule has 19 heavy (non-hydrogen) atoms. The zero-order valence-corrected chi connectivity index (χ0v) is 12.7. The number of nitrogens with zero attached hydrogens (tertiary/aromatic N) is 1. The first kappa shape index (κ1) is 14.5. The number of carbonyl (C=O) groups is 1. The maximum absolute atomic E-state index is 13.9. The third-order valence-corrected chi connectivity index (χ3v) is 3.67. The van der Waals surface area contributed by atoms with Crippen molar-refractivity contribution in [1.29, 1.82) is 0 Å². The number of nitrogens with one attached hydrogen (secondary N) is 1. The summed E-state index contributed by atoms with van der Waals surface area (Å²) in [5, 5.41) is 3.24. The normalized spacial score (nSPS) is 20.2. The van der Waals surface area contributed by atoms with Gasteiger partial charge in [0.2, 0.25) is 5.91 Å². The van der Waals surface area contributed by atoms with Gasteiger partial charge in [0, 0.05) is 17.1 Å². The molecule has 104 valence electrons. The van der Waals surface area contributed by atoms with Crippen LogP contribution < -0.4 is 10.2 Å². The zero-order valence-electron chi connectivity index (χ0n) is 11.1. The number of amides is 1. The molecule has 1 unspecified atom stereocenters. The van der Waals surface area contributed by atoms with Crippen molar-refractivity contribution in [2.24, 2.45) is 0 Å². The third kappa shape index (κ3) is 3.34. The van der Waals surface area contributed by atoms with Gasteiger partial charge >= 0.3 is 0 Å². The number of piperidine rings is 1. The molecule has 0 bridgehead atoms. The van der Waals surface area contributed by atoms with Gasteiger partial charge in [-0.05, 0) is 31.0 Å². The van der Waals surface area contributed by atoms with Crippen LogP contribution in [0.15, 0.2) is 22.7 Å². The highest BCUT2D eigenvalue weighted by molar-refractivity contribution is 9.10. The lowest BCUT2D eigenvalue weighted by atomic mass is 10.0. The molecule has 1 aromatic carbocycles. The minimum absolute atomic E-state index is 0.0445. The number of hydrogen-bond donors (Lipinski definition) is 1. The molecular formula is C14H18BrFN2O. The van der Waals surface area contributed by atoms with Gasteiger partial charge in [-0.25, -0.2) is 4.39 Å². The van der Waals surface area contributed by atoms with Gasteiger partial charge in [0.05, 0.1) is 11.7 Å². The lowest BCUT2D eigenvalue weighted by Gasteiger charge is -2.34. The Morgan fingerprint density at radius 3 is 2.89 bits per heavy atom. The van der Waals surface area contributed by atoms with E-state index in [2.05, 4.69) is 21.2 Å². The van der Waals surface area contributed by atoms with Crippen molar-refractivity contribution in [3.8, 4) is 0 Å². The Hall–Kier alpha value is -0.940. The minimum Gasteiger partial charge on any atom is -0.308 e. The van der Waals surface area contributed by atoms with Gasteiger partial charge in [-0.1, -0.05) is 29.8 Å². The minimum atomic E-state index is -0.359. The topological polar surface area (TPSA) is 32.3 Å². The SMILES string of the molecule is CC(C)NC1CCCN(c2cc(Br)ccc2F)C1=O. The summed E-state index contributed by atoms with van der Waals surface area (Å²) in [4.78, 5) is 14.0. The average Bonchev–Trinajstić information content (AvgIpc) is 2.35. The molecule has 0 aliphatic carbocycles. The van der Waals surface area contributed by atoms with Gasteiger partial charge in [-0.3, -0.25) is 4.79 Å². The molecule has 1 aliphatic rings. The Labute approximate surface area is 121 Å². The lowest BCUT2D eigenvalue weighted by molar-refractivity contribution is -0.122. The average molecular weight is 329 g/mol. The van der Waals surface area contributed by atoms with Gasteiger partial charge in [0.1, 0.15) is 5.82 Å². The van der Waals surface area contributed by atoms with Crippen LogP contribution in [-0.2, 0) is 4.79 Å². The molecule has 1 atom stereocenters. The molecule has 0 saturated carbocycles. The van der Waals surface area contributed by atoms with Crippen LogP contribution in [0, 0.1) is 5.82 Å². The van der Waals surface area contributed by atoms with Gasteiger partial charge in [0.25, 0.3) is 0 Å². The highest BCUT2D eigenvalue weighted by Crippen LogP contribution is 2.27. The van der Waals surface area contributed by atoms with Gasteiger partial charge in [0.15, 0.2) is 0 Å². The molecule has 0 radical (unpaired) electrons. The first-order valence-electron chi connectivity index (χ1n) is 6.51. The summed E-state index contributed by atoms with van der Waals surface area (Å²) in [6.45, 7) is 4.58. The summed E-state index contributed by atoms with van der Waals surface area (Å²) in [5.41, 5.74) is 0.356. The van der Waals surface area contributed by atoms with E-state index in [1.165, 1.54) is 6.07 Å². The largest absolute Gasteiger partial charge is 0.308 e. The molecule has 0 aromatic heterocycles. The zero-order chi connectivity index (χ0) is 14.0. The van der Waals surface area contributed by atoms with Crippen molar-refractivity contribution >= 4 is 27.5 Å². The summed E-state index contributed by atoms with van der Waals surface area (Å²) in [5.74, 6) is -0.404. The van der Waals surface area contributed by atoms with Crippen LogP contribution in [0.2, 0.25) is 0 Å². The fraction of sp³-hybridized carbons (Fsp3) is 0.500. The fourth-order valence-electron chi connectivity index (χ4n) is 2.36. The van der Waals surface area contributed by atoms with Crippen LogP contribution in [0.5, 0.6) is 0 Å². The van der Waals surface area contributed by atoms with E-state index in [1.807, 2.05) is 13.8 Å². The van der Waals surface area contributed by atoms with E-state index in [1.54, 1.807) is 17.0 Å². The summed E-state index contributed by atoms with van der Waals surface area (Å²) in [6.07, 6.45) is 1.69. The first-order chi connectivity index (χ1) is 8.99. The maximum Gasteiger partial charge on any atom is 0.244 e. The second kappa shape index (κ2) is 6.01. The Bertz CT molecular complexity index is 479. The van der Waals surface area contributed by atoms with E-state index >= 15 is 0 Å². The number of halogens is 2. The number of carbonyl (C=O) groups excluding carboxylic acids is 1. The van der Waals surface area contributed by atoms with E-state index in [-0.39, 0.29) is 23.8 Å². The number of hydrogen-bond acceptors (Lipinski definition) is 2. The van der Waals surface area contributed by atoms with Gasteiger partial charge in [-0.2, -0.15) is 0 Å². The van der Waals surface area contributed by atoms with Gasteiger partial charge in [-0.15, -0.1) is 0 Å². The Morgan fingerprint density at radius 2 is 2.21 bits per heavy atom. The molecule has 0 spiro atoms. The molecule has 1 aromatic rings. The maximum atomic E-state index is 13.9. The van der Waals surface area contributed by atoms with E-state index in [0.29, 0.717) is 12.2 Å². The smallest absolute Gasteiger partial charge is 0.244 e. The molecule has 5 heteroatoms. The monoisotopic (exact) mass is 328 g/mol. The first-order valence-corrected chi connectivity index (χ1v) is 7.31. The Kier molecular flexibility index (Phi) is 4.58. The highest BCUT2D eigenvalue weighted by atomic mass is 79.9. The molecule has 1 amide bonds. The van der Waals surface area contributed by atoms with Crippen molar-refractivity contribution in [2.75, 3.05) is 11.4 Å². The molecule has 2 rings (SSSR count). The predicted octanol–water partition coefficient (Wildman–Crippen LogP) is 3.08. The Morgan fingerprint density at radius 1 is 1.47 bits per heavy atom. The molecule has 1 N–H and O–H groups in total. The summed E-state index contributed by atoms with van der Waals surface area (Å²) < 4.78 is 14.7. The summed E-state index contributed by atoms with van der Waals surface area (Å²) in [6, 6.07) is 4.70. The standard InChI is InChI=1S/C14H18BrFN2O/c1-9(2)17-12-4-3-7-18(14(12)19)13-8-10(15)5-6-11(13)16/h5-6,8-9,12,17H,3-4,7H2,1-2H3. The summed E-state index contributed by atoms with van der Waals surface area (Å²) in [7, 11) is 0. The third-order valence-electron chi connectivity index (χ3n) is 3.17. The lowest BCUT2D eigenvalue weighted by Crippen LogP contribution is -2.52. The van der Waals surface area contributed by atoms with Crippen molar-refractivity contribution in [2.45, 2.75) is 38.8 Å². The van der Waals surface area contributed by atoms with Crippen LogP contribution in [0.1, 0.15) is 26.7 Å². The number of anilines is 1. The van der Waals surface area contributed by atoms with Crippen LogP contribution in [0.3, 0.4) is 0 Å². The van der Waals surface area contributed by atoms with E-state index in [4.69, 9.17) is 0 Å². The van der Waals surface area contributed by atoms with Crippen LogP contribution >= 0.6 is 15.9 Å². The van der Waals surface area contributed by atoms with Crippen molar-refractivity contribution in [1.82, 2.24) is 5.32 Å². The van der Waals surface area contributed by atoms with E-state index in [0.717, 1.165) is 17.3 Å². The summed E-state index contributed by atoms with van der Waals surface area (Å²) >= 11 is 3.32. The Balaban J connectivity index is 2.24. The predicted molar refractivity (Wildman–Crippen MR) is 77.7 cm³/mol. The molecular weight excluding hydrogens is 311 g/mol. The molecule has 1 saturated heterocycles. The van der Waals surface area contributed by atoms with E-state index in [9.17, 15) is 9.18 Å². The molecule has 1 aliphatic heterocycles. The van der Waals surface area contributed by atoms with Crippen molar-refractivity contribution in [3.63, 3.8) is 0 Å². The fourth-order valence-corrected chi connectivity index (χ4v) is 2.71. The highest BCUT2D eigenvalue weighted by Gasteiger charge is 2.31. The van der Waals surface area contributed by atoms with Crippen LogP contribution in [-0.4, -0.2) is 24.5 Å². The quantitative estimate of drug-likeness (QED) is 0.924. The molecule has 1 heterocycles. The second-order valence-electron chi connectivity index (χ2n) is 5.10. The molecule has 1 fully saturated rings. The van der Waals surface area contributed by atoms with Crippen molar-refractivity contribution < 1.29 is 9.18 Å². The van der Waals surface area contributed by atoms with E-state index < -0.39 is 0 Å². The van der Waals surface area contributed by atoms with Crippen LogP contribution in [0.25, 0.3) is 0 Å².